The summed E-state index contributed by atoms with van der Waals surface area (Å²) in [6, 6.07) is 16.6. The largest absolute Gasteiger partial charge is 0.344 e. The minimum absolute atomic E-state index is 0.0515. The highest BCUT2D eigenvalue weighted by Gasteiger charge is 2.29. The molecule has 0 spiro atoms. The van der Waals surface area contributed by atoms with Gasteiger partial charge in [-0.2, -0.15) is 0 Å². The lowest BCUT2D eigenvalue weighted by Crippen LogP contribution is -2.38. The van der Waals surface area contributed by atoms with Crippen molar-refractivity contribution in [2.45, 2.75) is 64.6 Å². The minimum atomic E-state index is -0.0515. The maximum absolute atomic E-state index is 12.6. The quantitative estimate of drug-likeness (QED) is 0.604. The van der Waals surface area contributed by atoms with E-state index in [-0.39, 0.29) is 5.91 Å². The molecule has 1 aliphatic heterocycles. The van der Waals surface area contributed by atoms with Crippen LogP contribution >= 0.6 is 0 Å². The summed E-state index contributed by atoms with van der Waals surface area (Å²) in [6.07, 6.45) is 7.71. The number of aromatic nitrogens is 1. The van der Waals surface area contributed by atoms with E-state index in [0.717, 1.165) is 37.7 Å². The highest BCUT2D eigenvalue weighted by atomic mass is 16.1. The Morgan fingerprint density at radius 3 is 2.67 bits per heavy atom. The van der Waals surface area contributed by atoms with E-state index in [4.69, 9.17) is 0 Å². The Kier molecular flexibility index (Phi) is 5.34. The standard InChI is InChI=1S/C26H31N3O/c1-2-15-29-24-13-12-20(27-26(30)19-8-4-3-5-9-19)17-22(24)23-18-28(16-14-25(23)29)21-10-6-7-11-21/h3-5,8-9,12-13,17,21H,2,6-7,10-11,14-16,18H2,1H3,(H,27,30). The Labute approximate surface area is 178 Å². The second-order valence-electron chi connectivity index (χ2n) is 8.79. The zero-order chi connectivity index (χ0) is 20.5. The number of hydrogen-bond donors (Lipinski definition) is 1. The van der Waals surface area contributed by atoms with Gasteiger partial charge in [-0.3, -0.25) is 9.69 Å². The molecule has 4 heteroatoms. The highest BCUT2D eigenvalue weighted by molar-refractivity contribution is 6.05. The molecular weight excluding hydrogens is 370 g/mol. The average molecular weight is 402 g/mol. The van der Waals surface area contributed by atoms with E-state index in [1.165, 1.54) is 54.4 Å². The van der Waals surface area contributed by atoms with Crippen molar-refractivity contribution in [1.82, 2.24) is 9.47 Å². The molecule has 1 saturated carbocycles. The summed E-state index contributed by atoms with van der Waals surface area (Å²) in [4.78, 5) is 15.4. The van der Waals surface area contributed by atoms with Crippen LogP contribution in [0.2, 0.25) is 0 Å². The van der Waals surface area contributed by atoms with Crippen molar-refractivity contribution in [1.29, 1.82) is 0 Å². The van der Waals surface area contributed by atoms with Crippen molar-refractivity contribution in [3.05, 3.63) is 65.4 Å². The summed E-state index contributed by atoms with van der Waals surface area (Å²) >= 11 is 0. The van der Waals surface area contributed by atoms with E-state index in [1.54, 1.807) is 0 Å². The fraction of sp³-hybridized carbons (Fsp3) is 0.423. The van der Waals surface area contributed by atoms with E-state index in [9.17, 15) is 4.79 Å². The Balaban J connectivity index is 1.49. The number of rotatable bonds is 5. The van der Waals surface area contributed by atoms with Crippen LogP contribution in [0.1, 0.15) is 60.6 Å². The first kappa shape index (κ1) is 19.4. The SMILES string of the molecule is CCCn1c2c(c3cc(NC(=O)c4ccccc4)ccc31)CN(C1CCCC1)CC2. The van der Waals surface area contributed by atoms with Crippen LogP contribution < -0.4 is 5.32 Å². The van der Waals surface area contributed by atoms with Gasteiger partial charge >= 0.3 is 0 Å². The van der Waals surface area contributed by atoms with Gasteiger partial charge < -0.3 is 9.88 Å². The van der Waals surface area contributed by atoms with Crippen LogP contribution in [-0.2, 0) is 19.5 Å². The van der Waals surface area contributed by atoms with Gasteiger partial charge in [0.15, 0.2) is 0 Å². The molecular formula is C26H31N3O. The van der Waals surface area contributed by atoms with Gasteiger partial charge in [0.2, 0.25) is 0 Å². The third kappa shape index (κ3) is 3.54. The van der Waals surface area contributed by atoms with Crippen molar-refractivity contribution in [2.24, 2.45) is 0 Å². The summed E-state index contributed by atoms with van der Waals surface area (Å²) < 4.78 is 2.53. The summed E-state index contributed by atoms with van der Waals surface area (Å²) in [5.41, 5.74) is 5.87. The van der Waals surface area contributed by atoms with Gasteiger partial charge in [0, 0.05) is 59.9 Å². The van der Waals surface area contributed by atoms with Crippen LogP contribution in [0.3, 0.4) is 0 Å². The summed E-state index contributed by atoms with van der Waals surface area (Å²) in [7, 11) is 0. The van der Waals surface area contributed by atoms with Gasteiger partial charge in [0.1, 0.15) is 0 Å². The molecule has 2 aliphatic rings. The third-order valence-corrected chi connectivity index (χ3v) is 6.87. The molecule has 1 amide bonds. The number of nitrogens with one attached hydrogen (secondary N) is 1. The Bertz CT molecular complexity index is 1050. The van der Waals surface area contributed by atoms with E-state index in [1.807, 2.05) is 30.3 Å². The molecule has 2 aromatic carbocycles. The summed E-state index contributed by atoms with van der Waals surface area (Å²) in [5.74, 6) is -0.0515. The average Bonchev–Trinajstić information content (AvgIpc) is 3.42. The number of aryl methyl sites for hydroxylation is 1. The van der Waals surface area contributed by atoms with Crippen LogP contribution in [0.4, 0.5) is 5.69 Å². The lowest BCUT2D eigenvalue weighted by molar-refractivity contribution is 0.102. The van der Waals surface area contributed by atoms with Crippen LogP contribution in [0.25, 0.3) is 10.9 Å². The van der Waals surface area contributed by atoms with E-state index < -0.39 is 0 Å². The maximum Gasteiger partial charge on any atom is 0.255 e. The maximum atomic E-state index is 12.6. The van der Waals surface area contributed by atoms with Crippen molar-refractivity contribution in [3.63, 3.8) is 0 Å². The first-order valence-electron chi connectivity index (χ1n) is 11.5. The van der Waals surface area contributed by atoms with Crippen LogP contribution in [-0.4, -0.2) is 28.0 Å². The fourth-order valence-electron chi connectivity index (χ4n) is 5.40. The molecule has 4 nitrogen and oxygen atoms in total. The van der Waals surface area contributed by atoms with E-state index in [2.05, 4.69) is 39.9 Å². The fourth-order valence-corrected chi connectivity index (χ4v) is 5.40. The highest BCUT2D eigenvalue weighted by Crippen LogP contribution is 2.35. The monoisotopic (exact) mass is 401 g/mol. The number of hydrogen-bond acceptors (Lipinski definition) is 2. The number of carbonyl (C=O) groups is 1. The zero-order valence-electron chi connectivity index (χ0n) is 17.9. The number of nitrogens with zero attached hydrogens (tertiary/aromatic N) is 2. The van der Waals surface area contributed by atoms with Gasteiger partial charge in [0.25, 0.3) is 5.91 Å². The number of fused-ring (bicyclic) bond motifs is 3. The Morgan fingerprint density at radius 2 is 1.90 bits per heavy atom. The molecule has 0 bridgehead atoms. The predicted octanol–water partition coefficient (Wildman–Crippen LogP) is 5.60. The third-order valence-electron chi connectivity index (χ3n) is 6.87. The second-order valence-corrected chi connectivity index (χ2v) is 8.79. The normalized spacial score (nSPS) is 17.4. The molecule has 156 valence electrons. The van der Waals surface area contributed by atoms with Gasteiger partial charge in [-0.15, -0.1) is 0 Å². The van der Waals surface area contributed by atoms with Crippen molar-refractivity contribution >= 4 is 22.5 Å². The molecule has 1 aliphatic carbocycles. The molecule has 0 saturated heterocycles. The van der Waals surface area contributed by atoms with E-state index in [0.29, 0.717) is 5.56 Å². The van der Waals surface area contributed by atoms with Crippen molar-refractivity contribution in [3.8, 4) is 0 Å². The zero-order valence-corrected chi connectivity index (χ0v) is 17.9. The van der Waals surface area contributed by atoms with Crippen LogP contribution in [0.5, 0.6) is 0 Å². The number of amides is 1. The van der Waals surface area contributed by atoms with Crippen molar-refractivity contribution in [2.75, 3.05) is 11.9 Å². The molecule has 0 unspecified atom stereocenters. The number of benzene rings is 2. The van der Waals surface area contributed by atoms with Crippen LogP contribution in [0, 0.1) is 0 Å². The lowest BCUT2D eigenvalue weighted by atomic mass is 10.0. The molecule has 1 fully saturated rings. The molecule has 0 atom stereocenters. The molecule has 0 radical (unpaired) electrons. The topological polar surface area (TPSA) is 37.3 Å². The first-order chi connectivity index (χ1) is 14.7. The smallest absolute Gasteiger partial charge is 0.255 e. The summed E-state index contributed by atoms with van der Waals surface area (Å²) in [6.45, 7) is 5.53. The number of carbonyl (C=O) groups excluding carboxylic acids is 1. The Hall–Kier alpha value is -2.59. The van der Waals surface area contributed by atoms with Gasteiger partial charge in [-0.1, -0.05) is 38.0 Å². The van der Waals surface area contributed by atoms with Gasteiger partial charge in [-0.25, -0.2) is 0 Å². The molecule has 1 aromatic heterocycles. The molecule has 2 heterocycles. The molecule has 3 aromatic rings. The molecule has 1 N–H and O–H groups in total. The van der Waals surface area contributed by atoms with Crippen LogP contribution in [0.15, 0.2) is 48.5 Å². The van der Waals surface area contributed by atoms with Crippen molar-refractivity contribution < 1.29 is 4.79 Å². The van der Waals surface area contributed by atoms with Gasteiger partial charge in [0.05, 0.1) is 0 Å². The molecule has 30 heavy (non-hydrogen) atoms. The second kappa shape index (κ2) is 8.27. The molecule has 5 rings (SSSR count). The van der Waals surface area contributed by atoms with Gasteiger partial charge in [-0.05, 0) is 55.2 Å². The lowest BCUT2D eigenvalue weighted by Gasteiger charge is -2.33. The van der Waals surface area contributed by atoms with E-state index >= 15 is 0 Å². The predicted molar refractivity (Wildman–Crippen MR) is 123 cm³/mol. The summed E-state index contributed by atoms with van der Waals surface area (Å²) in [5, 5.41) is 4.41. The minimum Gasteiger partial charge on any atom is -0.344 e. The number of anilines is 1. The Morgan fingerprint density at radius 1 is 1.10 bits per heavy atom. The first-order valence-corrected chi connectivity index (χ1v) is 11.5.